The highest BCUT2D eigenvalue weighted by atomic mass is 16.9. The van der Waals surface area contributed by atoms with Crippen LogP contribution in [0.25, 0.3) is 0 Å². The van der Waals surface area contributed by atoms with Crippen molar-refractivity contribution in [3.05, 3.63) is 29.2 Å². The molecule has 0 saturated carbocycles. The van der Waals surface area contributed by atoms with Crippen LogP contribution in [0.5, 0.6) is 0 Å². The van der Waals surface area contributed by atoms with Crippen molar-refractivity contribution in [1.29, 1.82) is 0 Å². The van der Waals surface area contributed by atoms with Gasteiger partial charge in [0, 0.05) is 0 Å². The molecule has 1 aromatic rings. The fraction of sp³-hybridized carbons (Fsp3) is 0. The molecule has 9 nitrogen and oxygen atoms in total. The third-order valence-corrected chi connectivity index (χ3v) is 1.64. The quantitative estimate of drug-likeness (QED) is 0.399. The van der Waals surface area contributed by atoms with E-state index in [0.29, 0.717) is 0 Å². The lowest BCUT2D eigenvalue weighted by molar-refractivity contribution is -0.969. The Kier molecular flexibility index (Phi) is 3.81. The van der Waals surface area contributed by atoms with Gasteiger partial charge in [0.2, 0.25) is 11.9 Å². The molecular formula is C8H11N6O3+. The molecule has 0 atom stereocenters. The van der Waals surface area contributed by atoms with Crippen molar-refractivity contribution >= 4 is 23.3 Å². The van der Waals surface area contributed by atoms with Crippen molar-refractivity contribution in [2.45, 2.75) is 0 Å². The summed E-state index contributed by atoms with van der Waals surface area (Å²) in [5.74, 6) is 0.418. The summed E-state index contributed by atoms with van der Waals surface area (Å²) in [7, 11) is 0. The molecule has 2 rings (SSSR count). The van der Waals surface area contributed by atoms with Crippen LogP contribution in [0.3, 0.4) is 0 Å². The lowest BCUT2D eigenvalue weighted by atomic mass is 10.3. The summed E-state index contributed by atoms with van der Waals surface area (Å²) < 4.78 is 0. The summed E-state index contributed by atoms with van der Waals surface area (Å²) in [6.45, 7) is 0. The molecular weight excluding hydrogens is 228 g/mol. The second kappa shape index (κ2) is 5.30. The number of nitrogens with one attached hydrogen (secondary N) is 1. The minimum atomic E-state index is -1.25. The van der Waals surface area contributed by atoms with Crippen LogP contribution in [0, 0.1) is 4.91 Å². The SMILES string of the molecule is NC1=Nc2ccccc2NC(N)=N1.O=[N+](O)O. The van der Waals surface area contributed by atoms with E-state index in [-0.39, 0.29) is 11.9 Å². The number of guanidine groups is 2. The molecule has 0 spiro atoms. The van der Waals surface area contributed by atoms with Crippen LogP contribution < -0.4 is 16.8 Å². The first-order valence-corrected chi connectivity index (χ1v) is 4.38. The summed E-state index contributed by atoms with van der Waals surface area (Å²) in [6.07, 6.45) is 0. The number of benzene rings is 1. The summed E-state index contributed by atoms with van der Waals surface area (Å²) in [6, 6.07) is 7.46. The van der Waals surface area contributed by atoms with Gasteiger partial charge >= 0.3 is 5.09 Å². The van der Waals surface area contributed by atoms with Crippen molar-refractivity contribution in [3.63, 3.8) is 0 Å². The standard InChI is InChI=1S/C8H9N5.H2NO3/c9-7-11-5-3-1-2-4-6(5)12-8(10)13-7;2-1(3)4/h1-4H,(H5,9,10,11,12,13);(H2,2,3,4)/q;+1. The van der Waals surface area contributed by atoms with Gasteiger partial charge in [0.05, 0.1) is 11.4 Å². The molecule has 0 saturated heterocycles. The first-order chi connectivity index (χ1) is 7.99. The molecule has 1 aliphatic rings. The molecule has 1 aliphatic heterocycles. The molecule has 0 amide bonds. The van der Waals surface area contributed by atoms with Crippen LogP contribution in [-0.4, -0.2) is 27.4 Å². The average molecular weight is 239 g/mol. The maximum absolute atomic E-state index is 8.47. The molecule has 17 heavy (non-hydrogen) atoms. The summed E-state index contributed by atoms with van der Waals surface area (Å²) in [5.41, 5.74) is 12.5. The van der Waals surface area contributed by atoms with Gasteiger partial charge in [0.1, 0.15) is 4.91 Å². The van der Waals surface area contributed by atoms with Crippen LogP contribution >= 0.6 is 0 Å². The van der Waals surface area contributed by atoms with Crippen LogP contribution in [-0.2, 0) is 0 Å². The first-order valence-electron chi connectivity index (χ1n) is 4.38. The predicted molar refractivity (Wildman–Crippen MR) is 60.2 cm³/mol. The van der Waals surface area contributed by atoms with Gasteiger partial charge in [-0.05, 0) is 12.1 Å². The first kappa shape index (κ1) is 12.2. The second-order valence-corrected chi connectivity index (χ2v) is 2.86. The third-order valence-electron chi connectivity index (χ3n) is 1.64. The molecule has 0 fully saturated rings. The monoisotopic (exact) mass is 239 g/mol. The Balaban J connectivity index is 0.000000317. The van der Waals surface area contributed by atoms with Gasteiger partial charge in [0.25, 0.3) is 0 Å². The largest absolute Gasteiger partial charge is 0.472 e. The highest BCUT2D eigenvalue weighted by Crippen LogP contribution is 2.24. The maximum atomic E-state index is 8.47. The van der Waals surface area contributed by atoms with E-state index in [1.807, 2.05) is 24.3 Å². The van der Waals surface area contributed by atoms with Gasteiger partial charge in [-0.3, -0.25) is 0 Å². The van der Waals surface area contributed by atoms with E-state index in [0.717, 1.165) is 11.4 Å². The molecule has 7 N–H and O–H groups in total. The van der Waals surface area contributed by atoms with E-state index in [2.05, 4.69) is 15.3 Å². The Bertz CT molecular complexity index is 480. The molecule has 9 heteroatoms. The van der Waals surface area contributed by atoms with Crippen LogP contribution in [0.2, 0.25) is 0 Å². The van der Waals surface area contributed by atoms with Gasteiger partial charge < -0.3 is 16.8 Å². The van der Waals surface area contributed by atoms with E-state index < -0.39 is 5.09 Å². The van der Waals surface area contributed by atoms with E-state index in [4.69, 9.17) is 26.8 Å². The van der Waals surface area contributed by atoms with Crippen molar-refractivity contribution in [2.75, 3.05) is 5.32 Å². The Morgan fingerprint density at radius 3 is 2.41 bits per heavy atom. The molecule has 0 unspecified atom stereocenters. The summed E-state index contributed by atoms with van der Waals surface area (Å²) in [5, 5.41) is 15.4. The highest BCUT2D eigenvalue weighted by Gasteiger charge is 2.06. The Morgan fingerprint density at radius 1 is 1.18 bits per heavy atom. The molecule has 0 aliphatic carbocycles. The summed E-state index contributed by atoms with van der Waals surface area (Å²) in [4.78, 5) is 16.3. The number of fused-ring (bicyclic) bond motifs is 1. The van der Waals surface area contributed by atoms with Crippen molar-refractivity contribution in [2.24, 2.45) is 21.5 Å². The lowest BCUT2D eigenvalue weighted by Crippen LogP contribution is -2.24. The Morgan fingerprint density at radius 2 is 1.76 bits per heavy atom. The van der Waals surface area contributed by atoms with Crippen molar-refractivity contribution < 1.29 is 15.5 Å². The van der Waals surface area contributed by atoms with Crippen molar-refractivity contribution in [3.8, 4) is 0 Å². The van der Waals surface area contributed by atoms with E-state index in [1.165, 1.54) is 0 Å². The summed E-state index contributed by atoms with van der Waals surface area (Å²) >= 11 is 0. The number of para-hydroxylation sites is 2. The van der Waals surface area contributed by atoms with Gasteiger partial charge in [0.15, 0.2) is 0 Å². The lowest BCUT2D eigenvalue weighted by Gasteiger charge is -2.03. The zero-order valence-electron chi connectivity index (χ0n) is 8.61. The van der Waals surface area contributed by atoms with Crippen LogP contribution in [0.1, 0.15) is 0 Å². The van der Waals surface area contributed by atoms with Gasteiger partial charge in [-0.2, -0.15) is 4.99 Å². The number of hydrogen-bond acceptors (Lipinski definition) is 6. The van der Waals surface area contributed by atoms with Crippen molar-refractivity contribution in [1.82, 2.24) is 0 Å². The minimum absolute atomic E-state index is 0.162. The molecule has 0 radical (unpaired) electrons. The van der Waals surface area contributed by atoms with Crippen LogP contribution in [0.15, 0.2) is 34.3 Å². The number of nitrogens with zero attached hydrogens (tertiary/aromatic N) is 3. The number of anilines is 1. The number of nitrogens with two attached hydrogens (primary N) is 2. The smallest absolute Gasteiger partial charge is 0.369 e. The van der Waals surface area contributed by atoms with E-state index in [9.17, 15) is 0 Å². The topological polar surface area (TPSA) is 149 Å². The van der Waals surface area contributed by atoms with Gasteiger partial charge in [-0.15, -0.1) is 0 Å². The van der Waals surface area contributed by atoms with E-state index in [1.54, 1.807) is 0 Å². The molecule has 0 aromatic heterocycles. The highest BCUT2D eigenvalue weighted by molar-refractivity contribution is 6.05. The van der Waals surface area contributed by atoms with Gasteiger partial charge in [-0.25, -0.2) is 15.4 Å². The van der Waals surface area contributed by atoms with Gasteiger partial charge in [-0.1, -0.05) is 12.1 Å². The Labute approximate surface area is 95.6 Å². The fourth-order valence-corrected chi connectivity index (χ4v) is 1.11. The maximum Gasteiger partial charge on any atom is 0.472 e. The number of aliphatic imine (C=N–C) groups is 2. The van der Waals surface area contributed by atoms with Crippen LogP contribution in [0.4, 0.5) is 11.4 Å². The number of rotatable bonds is 0. The molecule has 1 aromatic carbocycles. The Hall–Kier alpha value is -2.84. The normalized spacial score (nSPS) is 12.7. The molecule has 1 heterocycles. The van der Waals surface area contributed by atoms with E-state index >= 15 is 0 Å². The second-order valence-electron chi connectivity index (χ2n) is 2.86. The molecule has 90 valence electrons. The zero-order chi connectivity index (χ0) is 12.8. The third kappa shape index (κ3) is 4.03. The number of hydrogen-bond donors (Lipinski definition) is 5. The molecule has 0 bridgehead atoms. The zero-order valence-corrected chi connectivity index (χ0v) is 8.61. The average Bonchev–Trinajstić information content (AvgIpc) is 2.33. The fourth-order valence-electron chi connectivity index (χ4n) is 1.11. The minimum Gasteiger partial charge on any atom is -0.369 e. The predicted octanol–water partition coefficient (Wildman–Crippen LogP) is -0.0833.